The first-order valence-corrected chi connectivity index (χ1v) is 5.23. The van der Waals surface area contributed by atoms with Gasteiger partial charge in [0.1, 0.15) is 11.6 Å². The van der Waals surface area contributed by atoms with E-state index in [1.165, 1.54) is 13.2 Å². The molecule has 0 spiro atoms. The minimum Gasteiger partial charge on any atom is -0.497 e. The van der Waals surface area contributed by atoms with Crippen LogP contribution in [0.5, 0.6) is 5.75 Å². The van der Waals surface area contributed by atoms with Gasteiger partial charge in [0.15, 0.2) is 0 Å². The Morgan fingerprint density at radius 1 is 1.47 bits per heavy atom. The highest BCUT2D eigenvalue weighted by Gasteiger charge is 2.13. The van der Waals surface area contributed by atoms with Crippen LogP contribution in [0.1, 0.15) is 31.4 Å². The molecule has 0 bridgehead atoms. The molecule has 0 radical (unpaired) electrons. The molecule has 0 heterocycles. The van der Waals surface area contributed by atoms with Crippen LogP contribution in [0.2, 0.25) is 0 Å². The van der Waals surface area contributed by atoms with E-state index in [9.17, 15) is 4.39 Å². The summed E-state index contributed by atoms with van der Waals surface area (Å²) in [5.74, 6) is 0.352. The zero-order valence-corrected chi connectivity index (χ0v) is 9.51. The van der Waals surface area contributed by atoms with Crippen LogP contribution in [0.25, 0.3) is 0 Å². The number of methoxy groups -OCH3 is 1. The fourth-order valence-corrected chi connectivity index (χ4v) is 1.66. The Morgan fingerprint density at radius 3 is 2.67 bits per heavy atom. The molecule has 84 valence electrons. The fourth-order valence-electron chi connectivity index (χ4n) is 1.66. The third-order valence-electron chi connectivity index (χ3n) is 2.51. The first-order valence-electron chi connectivity index (χ1n) is 5.23. The number of rotatable bonds is 5. The molecule has 1 rings (SSSR count). The molecule has 0 aliphatic heterocycles. The number of hydrogen-bond donors (Lipinski definition) is 1. The van der Waals surface area contributed by atoms with Crippen LogP contribution in [0.4, 0.5) is 4.39 Å². The average Bonchev–Trinajstić information content (AvgIpc) is 2.26. The Bertz CT molecular complexity index is 314. The molecular weight excluding hydrogens is 193 g/mol. The molecular formula is C12H18FNO. The van der Waals surface area contributed by atoms with E-state index in [1.807, 2.05) is 7.05 Å². The first kappa shape index (κ1) is 12.0. The molecule has 1 aromatic carbocycles. The molecule has 0 aliphatic rings. The molecule has 0 aromatic heterocycles. The number of hydrogen-bond acceptors (Lipinski definition) is 2. The van der Waals surface area contributed by atoms with Crippen LogP contribution in [0.15, 0.2) is 18.2 Å². The van der Waals surface area contributed by atoms with Crippen molar-refractivity contribution in [3.05, 3.63) is 29.6 Å². The van der Waals surface area contributed by atoms with E-state index in [0.29, 0.717) is 11.3 Å². The van der Waals surface area contributed by atoms with E-state index in [4.69, 9.17) is 4.74 Å². The standard InChI is InChI=1S/C12H18FNO/c1-4-5-12(14-2)10-7-6-9(15-3)8-11(10)13/h6-8,12,14H,4-5H2,1-3H3. The Kier molecular flexibility index (Phi) is 4.56. The van der Waals surface area contributed by atoms with Gasteiger partial charge in [-0.25, -0.2) is 4.39 Å². The lowest BCUT2D eigenvalue weighted by molar-refractivity contribution is 0.409. The molecule has 0 saturated carbocycles. The Morgan fingerprint density at radius 2 is 2.20 bits per heavy atom. The predicted molar refractivity (Wildman–Crippen MR) is 59.7 cm³/mol. The van der Waals surface area contributed by atoms with Gasteiger partial charge < -0.3 is 10.1 Å². The van der Waals surface area contributed by atoms with E-state index < -0.39 is 0 Å². The fraction of sp³-hybridized carbons (Fsp3) is 0.500. The SMILES string of the molecule is CCCC(NC)c1ccc(OC)cc1F. The van der Waals surface area contributed by atoms with Crippen molar-refractivity contribution in [2.75, 3.05) is 14.2 Å². The minimum absolute atomic E-state index is 0.0842. The van der Waals surface area contributed by atoms with Crippen LogP contribution < -0.4 is 10.1 Å². The quantitative estimate of drug-likeness (QED) is 0.808. The van der Waals surface area contributed by atoms with Crippen molar-refractivity contribution in [2.24, 2.45) is 0 Å². The zero-order chi connectivity index (χ0) is 11.3. The van der Waals surface area contributed by atoms with Crippen molar-refractivity contribution in [3.63, 3.8) is 0 Å². The highest BCUT2D eigenvalue weighted by atomic mass is 19.1. The molecule has 0 fully saturated rings. The lowest BCUT2D eigenvalue weighted by Crippen LogP contribution is -2.17. The minimum atomic E-state index is -0.206. The Hall–Kier alpha value is -1.09. The summed E-state index contributed by atoms with van der Waals surface area (Å²) >= 11 is 0. The lowest BCUT2D eigenvalue weighted by Gasteiger charge is -2.16. The van der Waals surface area contributed by atoms with Gasteiger partial charge in [0.2, 0.25) is 0 Å². The van der Waals surface area contributed by atoms with Gasteiger partial charge in [-0.15, -0.1) is 0 Å². The van der Waals surface area contributed by atoms with E-state index in [0.717, 1.165) is 12.8 Å². The van der Waals surface area contributed by atoms with Crippen LogP contribution in [0.3, 0.4) is 0 Å². The summed E-state index contributed by atoms with van der Waals surface area (Å²) in [6, 6.07) is 5.08. The van der Waals surface area contributed by atoms with Crippen molar-refractivity contribution in [1.29, 1.82) is 0 Å². The summed E-state index contributed by atoms with van der Waals surface area (Å²) in [4.78, 5) is 0. The van der Waals surface area contributed by atoms with Gasteiger partial charge in [-0.3, -0.25) is 0 Å². The predicted octanol–water partition coefficient (Wildman–Crippen LogP) is 2.89. The summed E-state index contributed by atoms with van der Waals surface area (Å²) in [5.41, 5.74) is 0.708. The summed E-state index contributed by atoms with van der Waals surface area (Å²) in [5, 5.41) is 3.12. The monoisotopic (exact) mass is 211 g/mol. The summed E-state index contributed by atoms with van der Waals surface area (Å²) in [6.45, 7) is 2.09. The molecule has 0 aliphatic carbocycles. The van der Waals surface area contributed by atoms with Crippen molar-refractivity contribution in [2.45, 2.75) is 25.8 Å². The Balaban J connectivity index is 2.92. The summed E-state index contributed by atoms with van der Waals surface area (Å²) in [7, 11) is 3.39. The van der Waals surface area contributed by atoms with E-state index in [1.54, 1.807) is 12.1 Å². The maximum atomic E-state index is 13.7. The molecule has 0 amide bonds. The summed E-state index contributed by atoms with van der Waals surface area (Å²) < 4.78 is 18.6. The summed E-state index contributed by atoms with van der Waals surface area (Å²) in [6.07, 6.45) is 1.96. The van der Waals surface area contributed by atoms with Gasteiger partial charge >= 0.3 is 0 Å². The van der Waals surface area contributed by atoms with E-state index in [-0.39, 0.29) is 11.9 Å². The second-order valence-electron chi connectivity index (χ2n) is 3.52. The number of nitrogens with one attached hydrogen (secondary N) is 1. The molecule has 2 nitrogen and oxygen atoms in total. The topological polar surface area (TPSA) is 21.3 Å². The number of benzene rings is 1. The normalized spacial score (nSPS) is 12.5. The number of halogens is 1. The lowest BCUT2D eigenvalue weighted by atomic mass is 10.0. The molecule has 3 heteroatoms. The van der Waals surface area contributed by atoms with Gasteiger partial charge in [-0.1, -0.05) is 19.4 Å². The van der Waals surface area contributed by atoms with Gasteiger partial charge in [0.05, 0.1) is 7.11 Å². The maximum absolute atomic E-state index is 13.7. The smallest absolute Gasteiger partial charge is 0.131 e. The second-order valence-corrected chi connectivity index (χ2v) is 3.52. The number of ether oxygens (including phenoxy) is 1. The maximum Gasteiger partial charge on any atom is 0.131 e. The van der Waals surface area contributed by atoms with Gasteiger partial charge in [-0.2, -0.15) is 0 Å². The van der Waals surface area contributed by atoms with Crippen molar-refractivity contribution >= 4 is 0 Å². The van der Waals surface area contributed by atoms with E-state index in [2.05, 4.69) is 12.2 Å². The third-order valence-corrected chi connectivity index (χ3v) is 2.51. The Labute approximate surface area is 90.4 Å². The van der Waals surface area contributed by atoms with E-state index >= 15 is 0 Å². The van der Waals surface area contributed by atoms with Gasteiger partial charge in [-0.05, 0) is 19.5 Å². The molecule has 15 heavy (non-hydrogen) atoms. The molecule has 0 saturated heterocycles. The first-order chi connectivity index (χ1) is 7.22. The van der Waals surface area contributed by atoms with Crippen LogP contribution in [-0.2, 0) is 0 Å². The molecule has 1 aromatic rings. The largest absolute Gasteiger partial charge is 0.497 e. The molecule has 1 N–H and O–H groups in total. The second kappa shape index (κ2) is 5.71. The highest BCUT2D eigenvalue weighted by Crippen LogP contribution is 2.24. The molecule has 1 unspecified atom stereocenters. The zero-order valence-electron chi connectivity index (χ0n) is 9.51. The van der Waals surface area contributed by atoms with Crippen LogP contribution in [0, 0.1) is 5.82 Å². The van der Waals surface area contributed by atoms with Crippen molar-refractivity contribution in [1.82, 2.24) is 5.32 Å². The van der Waals surface area contributed by atoms with Crippen molar-refractivity contribution < 1.29 is 9.13 Å². The van der Waals surface area contributed by atoms with Gasteiger partial charge in [0.25, 0.3) is 0 Å². The third kappa shape index (κ3) is 2.93. The van der Waals surface area contributed by atoms with Crippen LogP contribution in [-0.4, -0.2) is 14.2 Å². The average molecular weight is 211 g/mol. The molecule has 1 atom stereocenters. The van der Waals surface area contributed by atoms with Gasteiger partial charge in [0, 0.05) is 17.7 Å². The van der Waals surface area contributed by atoms with Crippen molar-refractivity contribution in [3.8, 4) is 5.75 Å². The highest BCUT2D eigenvalue weighted by molar-refractivity contribution is 5.30. The van der Waals surface area contributed by atoms with Crippen LogP contribution >= 0.6 is 0 Å².